The van der Waals surface area contributed by atoms with Crippen LogP contribution in [0.5, 0.6) is 0 Å². The average Bonchev–Trinajstić information content (AvgIpc) is 2.36. The van der Waals surface area contributed by atoms with Gasteiger partial charge in [-0.1, -0.05) is 6.07 Å². The van der Waals surface area contributed by atoms with E-state index >= 15 is 0 Å². The molecule has 1 aromatic carbocycles. The van der Waals surface area contributed by atoms with Crippen LogP contribution in [0.25, 0.3) is 0 Å². The lowest BCUT2D eigenvalue weighted by Crippen LogP contribution is -2.36. The highest BCUT2D eigenvalue weighted by atomic mass is 32.2. The molecular formula is C11H17N3O3S2. The minimum atomic E-state index is -3.43. The minimum absolute atomic E-state index is 0.0521. The second-order valence-corrected chi connectivity index (χ2v) is 6.83. The predicted molar refractivity (Wildman–Crippen MR) is 77.4 cm³/mol. The first-order valence-corrected chi connectivity index (χ1v) is 8.23. The molecule has 19 heavy (non-hydrogen) atoms. The summed E-state index contributed by atoms with van der Waals surface area (Å²) in [5, 5.41) is 2.34. The fourth-order valence-electron chi connectivity index (χ4n) is 1.21. The van der Waals surface area contributed by atoms with Gasteiger partial charge in [0.05, 0.1) is 12.3 Å². The third-order valence-electron chi connectivity index (χ3n) is 2.21. The zero-order chi connectivity index (χ0) is 14.3. The number of hydrogen-bond acceptors (Lipinski definition) is 5. The first kappa shape index (κ1) is 15.8. The molecule has 6 nitrogen and oxygen atoms in total. The van der Waals surface area contributed by atoms with E-state index in [0.717, 1.165) is 4.90 Å². The van der Waals surface area contributed by atoms with Crippen molar-refractivity contribution in [2.45, 2.75) is 4.90 Å². The fourth-order valence-corrected chi connectivity index (χ4v) is 3.55. The van der Waals surface area contributed by atoms with Crippen molar-refractivity contribution in [1.82, 2.24) is 10.0 Å². The third-order valence-corrected chi connectivity index (χ3v) is 4.79. The Labute approximate surface area is 117 Å². The van der Waals surface area contributed by atoms with Crippen LogP contribution in [0.2, 0.25) is 0 Å². The summed E-state index contributed by atoms with van der Waals surface area (Å²) in [4.78, 5) is 11.9. The molecule has 0 bridgehead atoms. The largest absolute Gasteiger partial charge is 0.399 e. The molecule has 106 valence electrons. The number of thioether (sulfide) groups is 1. The van der Waals surface area contributed by atoms with Gasteiger partial charge < -0.3 is 11.1 Å². The van der Waals surface area contributed by atoms with Gasteiger partial charge in [-0.25, -0.2) is 13.1 Å². The highest BCUT2D eigenvalue weighted by Gasteiger charge is 2.11. The highest BCUT2D eigenvalue weighted by molar-refractivity contribution is 8.00. The number of carbonyl (C=O) groups is 1. The number of nitrogen functional groups attached to an aromatic ring is 1. The van der Waals surface area contributed by atoms with Crippen molar-refractivity contribution in [2.75, 3.05) is 30.8 Å². The summed E-state index contributed by atoms with van der Waals surface area (Å²) in [7, 11) is -1.98. The Bertz CT molecular complexity index is 532. The van der Waals surface area contributed by atoms with Crippen LogP contribution in [0.1, 0.15) is 0 Å². The quantitative estimate of drug-likeness (QED) is 0.487. The molecule has 1 amide bonds. The number of nitrogens with one attached hydrogen (secondary N) is 2. The van der Waals surface area contributed by atoms with Gasteiger partial charge in [-0.05, 0) is 18.2 Å². The molecule has 8 heteroatoms. The SMILES string of the molecule is CNC(=O)CNS(=O)(=O)CCSc1cccc(N)c1. The van der Waals surface area contributed by atoms with E-state index in [4.69, 9.17) is 5.73 Å². The molecule has 0 saturated heterocycles. The van der Waals surface area contributed by atoms with Crippen molar-refractivity contribution >= 4 is 33.4 Å². The molecule has 0 unspecified atom stereocenters. The topological polar surface area (TPSA) is 101 Å². The molecule has 0 aliphatic rings. The van der Waals surface area contributed by atoms with Crippen molar-refractivity contribution in [3.8, 4) is 0 Å². The molecular weight excluding hydrogens is 286 g/mol. The number of anilines is 1. The summed E-state index contributed by atoms with van der Waals surface area (Å²) in [5.74, 6) is -0.0252. The van der Waals surface area contributed by atoms with Gasteiger partial charge in [0.1, 0.15) is 0 Å². The van der Waals surface area contributed by atoms with E-state index in [2.05, 4.69) is 10.0 Å². The van der Waals surface area contributed by atoms with Crippen LogP contribution < -0.4 is 15.8 Å². The maximum absolute atomic E-state index is 11.6. The summed E-state index contributed by atoms with van der Waals surface area (Å²) in [6.45, 7) is -0.234. The van der Waals surface area contributed by atoms with E-state index in [0.29, 0.717) is 11.4 Å². The van der Waals surface area contributed by atoms with Crippen LogP contribution in [0.3, 0.4) is 0 Å². The van der Waals surface area contributed by atoms with Crippen molar-refractivity contribution < 1.29 is 13.2 Å². The maximum atomic E-state index is 11.6. The van der Waals surface area contributed by atoms with Gasteiger partial charge in [0.25, 0.3) is 0 Å². The number of carbonyl (C=O) groups excluding carboxylic acids is 1. The standard InChI is InChI=1S/C11H17N3O3S2/c1-13-11(15)8-14-19(16,17)6-5-18-10-4-2-3-9(12)7-10/h2-4,7,14H,5-6,8,12H2,1H3,(H,13,15). The number of rotatable bonds is 7. The molecule has 0 spiro atoms. The van der Waals surface area contributed by atoms with Crippen LogP contribution >= 0.6 is 11.8 Å². The van der Waals surface area contributed by atoms with E-state index in [9.17, 15) is 13.2 Å². The third kappa shape index (κ3) is 6.46. The lowest BCUT2D eigenvalue weighted by atomic mass is 10.3. The van der Waals surface area contributed by atoms with Crippen LogP contribution in [-0.2, 0) is 14.8 Å². The van der Waals surface area contributed by atoms with E-state index in [1.165, 1.54) is 18.8 Å². The summed E-state index contributed by atoms with van der Waals surface area (Å²) in [6.07, 6.45) is 0. The Balaban J connectivity index is 2.37. The normalized spacial score (nSPS) is 11.2. The van der Waals surface area contributed by atoms with Crippen LogP contribution in [0.4, 0.5) is 5.69 Å². The van der Waals surface area contributed by atoms with Gasteiger partial charge >= 0.3 is 0 Å². The van der Waals surface area contributed by atoms with Gasteiger partial charge in [0.2, 0.25) is 15.9 Å². The monoisotopic (exact) mass is 303 g/mol. The maximum Gasteiger partial charge on any atom is 0.234 e. The number of hydrogen-bond donors (Lipinski definition) is 3. The lowest BCUT2D eigenvalue weighted by Gasteiger charge is -2.06. The zero-order valence-corrected chi connectivity index (χ0v) is 12.2. The molecule has 1 aromatic rings. The average molecular weight is 303 g/mol. The van der Waals surface area contributed by atoms with Crippen molar-refractivity contribution in [2.24, 2.45) is 0 Å². The number of amides is 1. The van der Waals surface area contributed by atoms with E-state index in [1.807, 2.05) is 12.1 Å². The molecule has 0 aliphatic carbocycles. The summed E-state index contributed by atoms with van der Waals surface area (Å²) >= 11 is 1.40. The van der Waals surface area contributed by atoms with Gasteiger partial charge in [-0.2, -0.15) is 0 Å². The van der Waals surface area contributed by atoms with Crippen LogP contribution in [0.15, 0.2) is 29.2 Å². The Kier molecular flexibility index (Phi) is 6.13. The van der Waals surface area contributed by atoms with Gasteiger partial charge in [-0.3, -0.25) is 4.79 Å². The first-order valence-electron chi connectivity index (χ1n) is 5.59. The van der Waals surface area contributed by atoms with Crippen LogP contribution in [0, 0.1) is 0 Å². The van der Waals surface area contributed by atoms with Crippen molar-refractivity contribution in [1.29, 1.82) is 0 Å². The number of benzene rings is 1. The minimum Gasteiger partial charge on any atom is -0.399 e. The summed E-state index contributed by atoms with van der Waals surface area (Å²) in [6, 6.07) is 7.24. The van der Waals surface area contributed by atoms with Crippen molar-refractivity contribution in [3.63, 3.8) is 0 Å². The molecule has 0 atom stereocenters. The molecule has 0 aliphatic heterocycles. The molecule has 0 radical (unpaired) electrons. The number of likely N-dealkylation sites (N-methyl/N-ethyl adjacent to an activating group) is 1. The molecule has 0 saturated carbocycles. The van der Waals surface area contributed by atoms with E-state index in [1.54, 1.807) is 12.1 Å². The summed E-state index contributed by atoms with van der Waals surface area (Å²) < 4.78 is 25.4. The highest BCUT2D eigenvalue weighted by Crippen LogP contribution is 2.19. The Morgan fingerprint density at radius 3 is 2.79 bits per heavy atom. The number of sulfonamides is 1. The predicted octanol–water partition coefficient (Wildman–Crippen LogP) is 0.0263. The van der Waals surface area contributed by atoms with Crippen LogP contribution in [-0.4, -0.2) is 39.4 Å². The number of nitrogens with two attached hydrogens (primary N) is 1. The lowest BCUT2D eigenvalue weighted by molar-refractivity contribution is -0.119. The summed E-state index contributed by atoms with van der Waals surface area (Å²) in [5.41, 5.74) is 6.27. The van der Waals surface area contributed by atoms with Gasteiger partial charge in [0.15, 0.2) is 0 Å². The Morgan fingerprint density at radius 2 is 2.16 bits per heavy atom. The molecule has 0 aromatic heterocycles. The molecule has 4 N–H and O–H groups in total. The second-order valence-electron chi connectivity index (χ2n) is 3.73. The Morgan fingerprint density at radius 1 is 1.42 bits per heavy atom. The first-order chi connectivity index (χ1) is 8.93. The van der Waals surface area contributed by atoms with E-state index < -0.39 is 10.0 Å². The second kappa shape index (κ2) is 7.37. The van der Waals surface area contributed by atoms with Crippen molar-refractivity contribution in [3.05, 3.63) is 24.3 Å². The molecule has 1 rings (SSSR count). The van der Waals surface area contributed by atoms with E-state index in [-0.39, 0.29) is 18.2 Å². The molecule has 0 fully saturated rings. The Hall–Kier alpha value is -1.25. The van der Waals surface area contributed by atoms with Gasteiger partial charge in [-0.15, -0.1) is 11.8 Å². The molecule has 0 heterocycles. The zero-order valence-electron chi connectivity index (χ0n) is 10.5. The van der Waals surface area contributed by atoms with Gasteiger partial charge in [0, 0.05) is 23.4 Å². The fraction of sp³-hybridized carbons (Fsp3) is 0.364. The smallest absolute Gasteiger partial charge is 0.234 e.